The van der Waals surface area contributed by atoms with Crippen molar-refractivity contribution < 1.29 is 4.79 Å². The summed E-state index contributed by atoms with van der Waals surface area (Å²) in [6.45, 7) is 5.86. The Balaban J connectivity index is 0.00000264. The maximum absolute atomic E-state index is 12.7. The van der Waals surface area contributed by atoms with Crippen molar-refractivity contribution in [3.63, 3.8) is 0 Å². The number of halogens is 2. The molecule has 4 nitrogen and oxygen atoms in total. The lowest BCUT2D eigenvalue weighted by atomic mass is 9.94. The van der Waals surface area contributed by atoms with E-state index in [4.69, 9.17) is 5.73 Å². The highest BCUT2D eigenvalue weighted by atomic mass is 35.5. The molecule has 2 unspecified atom stereocenters. The highest BCUT2D eigenvalue weighted by Gasteiger charge is 2.34. The van der Waals surface area contributed by atoms with E-state index in [1.54, 1.807) is 0 Å². The summed E-state index contributed by atoms with van der Waals surface area (Å²) >= 11 is 0. The normalized spacial score (nSPS) is 19.5. The SMILES string of the molecule is CCCC(C)(N)C(=O)N(C)C1CCCN(c2ccccc2)C1.Cl.Cl. The number of para-hydroxylation sites is 1. The number of rotatable bonds is 5. The van der Waals surface area contributed by atoms with Gasteiger partial charge in [-0.15, -0.1) is 24.8 Å². The lowest BCUT2D eigenvalue weighted by Crippen LogP contribution is -2.57. The zero-order valence-corrected chi connectivity index (χ0v) is 16.5. The second kappa shape index (κ2) is 10.1. The third kappa shape index (κ3) is 5.54. The Kier molecular flexibility index (Phi) is 9.71. The summed E-state index contributed by atoms with van der Waals surface area (Å²) in [5, 5.41) is 0. The fraction of sp³-hybridized carbons (Fsp3) is 0.611. The Labute approximate surface area is 158 Å². The molecule has 1 heterocycles. The molecule has 1 aromatic carbocycles. The first-order valence-corrected chi connectivity index (χ1v) is 8.32. The van der Waals surface area contributed by atoms with Crippen LogP contribution in [0.5, 0.6) is 0 Å². The van der Waals surface area contributed by atoms with E-state index in [0.29, 0.717) is 0 Å². The third-order valence-corrected chi connectivity index (χ3v) is 4.64. The average molecular weight is 376 g/mol. The molecule has 0 spiro atoms. The summed E-state index contributed by atoms with van der Waals surface area (Å²) in [7, 11) is 1.91. The number of carbonyl (C=O) groups is 1. The standard InChI is InChI=1S/C18H29N3O.2ClH/c1-4-12-18(2,19)17(22)20(3)16-11-8-13-21(14-16)15-9-6-5-7-10-15;;/h5-7,9-10,16H,4,8,11-14,19H2,1-3H3;2*1H. The molecule has 1 aliphatic heterocycles. The Bertz CT molecular complexity index is 496. The van der Waals surface area contributed by atoms with Crippen LogP contribution < -0.4 is 10.6 Å². The maximum Gasteiger partial charge on any atom is 0.242 e. The summed E-state index contributed by atoms with van der Waals surface area (Å²) in [6, 6.07) is 10.7. The van der Waals surface area contributed by atoms with Gasteiger partial charge in [-0.25, -0.2) is 0 Å². The zero-order chi connectivity index (χ0) is 16.2. The molecule has 2 atom stereocenters. The Morgan fingerprint density at radius 3 is 2.54 bits per heavy atom. The van der Waals surface area contributed by atoms with E-state index in [2.05, 4.69) is 36.1 Å². The number of nitrogens with two attached hydrogens (primary N) is 1. The van der Waals surface area contributed by atoms with Crippen LogP contribution in [-0.4, -0.2) is 42.5 Å². The van der Waals surface area contributed by atoms with Crippen molar-refractivity contribution in [2.75, 3.05) is 25.0 Å². The van der Waals surface area contributed by atoms with Gasteiger partial charge in [-0.05, 0) is 38.3 Å². The Morgan fingerprint density at radius 1 is 1.33 bits per heavy atom. The van der Waals surface area contributed by atoms with Gasteiger partial charge in [0.1, 0.15) is 0 Å². The molecule has 1 saturated heterocycles. The largest absolute Gasteiger partial charge is 0.369 e. The summed E-state index contributed by atoms with van der Waals surface area (Å²) in [5.41, 5.74) is 6.70. The zero-order valence-electron chi connectivity index (χ0n) is 14.9. The lowest BCUT2D eigenvalue weighted by Gasteiger charge is -2.41. The highest BCUT2D eigenvalue weighted by Crippen LogP contribution is 2.23. The third-order valence-electron chi connectivity index (χ3n) is 4.64. The molecule has 1 fully saturated rings. The molecule has 0 bridgehead atoms. The molecule has 0 aromatic heterocycles. The van der Waals surface area contributed by atoms with Crippen molar-refractivity contribution in [3.05, 3.63) is 30.3 Å². The van der Waals surface area contributed by atoms with Crippen molar-refractivity contribution in [2.45, 2.75) is 51.1 Å². The van der Waals surface area contributed by atoms with Crippen LogP contribution in [0.25, 0.3) is 0 Å². The number of amides is 1. The summed E-state index contributed by atoms with van der Waals surface area (Å²) in [5.74, 6) is 0.0641. The number of carbonyl (C=O) groups excluding carboxylic acids is 1. The van der Waals surface area contributed by atoms with E-state index >= 15 is 0 Å². The topological polar surface area (TPSA) is 49.6 Å². The van der Waals surface area contributed by atoms with Crippen molar-refractivity contribution >= 4 is 36.4 Å². The predicted octanol–water partition coefficient (Wildman–Crippen LogP) is 3.47. The Hall–Kier alpha value is -0.970. The second-order valence-corrected chi connectivity index (χ2v) is 6.66. The number of hydrogen-bond donors (Lipinski definition) is 1. The van der Waals surface area contributed by atoms with Gasteiger partial charge in [-0.1, -0.05) is 31.5 Å². The molecular weight excluding hydrogens is 345 g/mol. The van der Waals surface area contributed by atoms with E-state index < -0.39 is 5.54 Å². The minimum Gasteiger partial charge on any atom is -0.369 e. The molecule has 0 aliphatic carbocycles. The molecule has 1 aromatic rings. The predicted molar refractivity (Wildman–Crippen MR) is 106 cm³/mol. The second-order valence-electron chi connectivity index (χ2n) is 6.66. The van der Waals surface area contributed by atoms with Crippen molar-refractivity contribution in [3.8, 4) is 0 Å². The van der Waals surface area contributed by atoms with Gasteiger partial charge in [0, 0.05) is 31.9 Å². The lowest BCUT2D eigenvalue weighted by molar-refractivity contribution is -0.137. The molecular formula is C18H31Cl2N3O. The van der Waals surface area contributed by atoms with Crippen LogP contribution in [0.2, 0.25) is 0 Å². The number of anilines is 1. The maximum atomic E-state index is 12.7. The fourth-order valence-corrected chi connectivity index (χ4v) is 3.34. The first-order chi connectivity index (χ1) is 10.5. The van der Waals surface area contributed by atoms with Gasteiger partial charge in [-0.2, -0.15) is 0 Å². The summed E-state index contributed by atoms with van der Waals surface area (Å²) < 4.78 is 0. The number of piperidine rings is 1. The quantitative estimate of drug-likeness (QED) is 0.856. The average Bonchev–Trinajstić information content (AvgIpc) is 2.54. The van der Waals surface area contributed by atoms with Gasteiger partial charge in [0.2, 0.25) is 5.91 Å². The van der Waals surface area contributed by atoms with Crippen LogP contribution in [0.15, 0.2) is 30.3 Å². The van der Waals surface area contributed by atoms with E-state index in [-0.39, 0.29) is 36.8 Å². The molecule has 138 valence electrons. The van der Waals surface area contributed by atoms with E-state index in [9.17, 15) is 4.79 Å². The molecule has 2 N–H and O–H groups in total. The van der Waals surface area contributed by atoms with Crippen LogP contribution in [0.3, 0.4) is 0 Å². The van der Waals surface area contributed by atoms with Gasteiger partial charge in [-0.3, -0.25) is 4.79 Å². The fourth-order valence-electron chi connectivity index (χ4n) is 3.34. The van der Waals surface area contributed by atoms with Gasteiger partial charge < -0.3 is 15.5 Å². The number of benzene rings is 1. The van der Waals surface area contributed by atoms with E-state index in [1.807, 2.05) is 24.9 Å². The van der Waals surface area contributed by atoms with E-state index in [0.717, 1.165) is 38.8 Å². The molecule has 2 rings (SSSR count). The first-order valence-electron chi connectivity index (χ1n) is 8.32. The van der Waals surface area contributed by atoms with Crippen molar-refractivity contribution in [1.82, 2.24) is 4.90 Å². The first kappa shape index (κ1) is 23.0. The van der Waals surface area contributed by atoms with Gasteiger partial charge in [0.05, 0.1) is 5.54 Å². The Morgan fingerprint density at radius 2 is 1.96 bits per heavy atom. The molecule has 0 saturated carbocycles. The minimum absolute atomic E-state index is 0. The number of nitrogens with zero attached hydrogens (tertiary/aromatic N) is 2. The van der Waals surface area contributed by atoms with Crippen LogP contribution in [-0.2, 0) is 4.79 Å². The van der Waals surface area contributed by atoms with E-state index in [1.165, 1.54) is 5.69 Å². The smallest absolute Gasteiger partial charge is 0.242 e. The molecule has 6 heteroatoms. The van der Waals surface area contributed by atoms with Gasteiger partial charge in [0.25, 0.3) is 0 Å². The monoisotopic (exact) mass is 375 g/mol. The number of hydrogen-bond acceptors (Lipinski definition) is 3. The molecule has 1 amide bonds. The molecule has 1 aliphatic rings. The summed E-state index contributed by atoms with van der Waals surface area (Å²) in [4.78, 5) is 16.9. The van der Waals surface area contributed by atoms with Crippen LogP contribution in [0, 0.1) is 0 Å². The number of likely N-dealkylation sites (N-methyl/N-ethyl adjacent to an activating group) is 1. The van der Waals surface area contributed by atoms with Crippen LogP contribution in [0.1, 0.15) is 39.5 Å². The van der Waals surface area contributed by atoms with Crippen LogP contribution >= 0.6 is 24.8 Å². The molecule has 24 heavy (non-hydrogen) atoms. The molecule has 0 radical (unpaired) electrons. The van der Waals surface area contributed by atoms with Crippen LogP contribution in [0.4, 0.5) is 5.69 Å². The van der Waals surface area contributed by atoms with Gasteiger partial charge >= 0.3 is 0 Å². The summed E-state index contributed by atoms with van der Waals surface area (Å²) in [6.07, 6.45) is 3.80. The van der Waals surface area contributed by atoms with Crippen molar-refractivity contribution in [1.29, 1.82) is 0 Å². The van der Waals surface area contributed by atoms with Crippen molar-refractivity contribution in [2.24, 2.45) is 5.73 Å². The highest BCUT2D eigenvalue weighted by molar-refractivity contribution is 5.86. The van der Waals surface area contributed by atoms with Gasteiger partial charge in [0.15, 0.2) is 0 Å². The minimum atomic E-state index is -0.751.